The maximum Gasteiger partial charge on any atom is 0.320 e. The van der Waals surface area contributed by atoms with Gasteiger partial charge < -0.3 is 10.1 Å². The van der Waals surface area contributed by atoms with Crippen molar-refractivity contribution in [2.45, 2.75) is 19.9 Å². The third-order valence-corrected chi connectivity index (χ3v) is 2.28. The van der Waals surface area contributed by atoms with Crippen molar-refractivity contribution in [3.05, 3.63) is 0 Å². The molecular formula is C9H18N2O2. The molecule has 1 aliphatic rings. The molecule has 0 radical (unpaired) electrons. The number of hydrogen-bond donors (Lipinski definition) is 1. The minimum Gasteiger partial charge on any atom is -0.465 e. The minimum atomic E-state index is -0.115. The molecule has 1 rings (SSSR count). The van der Waals surface area contributed by atoms with Gasteiger partial charge in [0.1, 0.15) is 0 Å². The second-order valence-corrected chi connectivity index (χ2v) is 3.33. The fourth-order valence-corrected chi connectivity index (χ4v) is 1.49. The molecule has 0 aromatic rings. The summed E-state index contributed by atoms with van der Waals surface area (Å²) in [5, 5.41) is 3.28. The third kappa shape index (κ3) is 3.32. The third-order valence-electron chi connectivity index (χ3n) is 2.28. The molecule has 4 nitrogen and oxygen atoms in total. The number of hydrogen-bond acceptors (Lipinski definition) is 4. The first kappa shape index (κ1) is 10.5. The van der Waals surface area contributed by atoms with Crippen LogP contribution in [0.3, 0.4) is 0 Å². The normalized spacial score (nSPS) is 24.3. The fourth-order valence-electron chi connectivity index (χ4n) is 1.49. The van der Waals surface area contributed by atoms with Crippen molar-refractivity contribution in [3.63, 3.8) is 0 Å². The van der Waals surface area contributed by atoms with Crippen LogP contribution in [0, 0.1) is 0 Å². The van der Waals surface area contributed by atoms with Crippen LogP contribution < -0.4 is 5.32 Å². The molecule has 0 aromatic carbocycles. The Morgan fingerprint density at radius 3 is 3.08 bits per heavy atom. The fraction of sp³-hybridized carbons (Fsp3) is 0.889. The lowest BCUT2D eigenvalue weighted by molar-refractivity contribution is -0.145. The molecule has 1 heterocycles. The number of piperazine rings is 1. The zero-order valence-corrected chi connectivity index (χ0v) is 8.38. The number of nitrogens with zero attached hydrogens (tertiary/aromatic N) is 1. The molecule has 0 unspecified atom stereocenters. The topological polar surface area (TPSA) is 41.6 Å². The van der Waals surface area contributed by atoms with E-state index in [1.807, 2.05) is 6.92 Å². The van der Waals surface area contributed by atoms with E-state index in [1.54, 1.807) is 0 Å². The van der Waals surface area contributed by atoms with Crippen molar-refractivity contribution in [3.8, 4) is 0 Å². The molecule has 4 heteroatoms. The van der Waals surface area contributed by atoms with Gasteiger partial charge in [-0.25, -0.2) is 0 Å². The number of nitrogens with one attached hydrogen (secondary N) is 1. The highest BCUT2D eigenvalue weighted by Crippen LogP contribution is 2.01. The zero-order valence-electron chi connectivity index (χ0n) is 8.38. The van der Waals surface area contributed by atoms with E-state index in [2.05, 4.69) is 17.1 Å². The predicted octanol–water partition coefficient (Wildman–Crippen LogP) is -0.157. The van der Waals surface area contributed by atoms with Crippen LogP contribution in [0.1, 0.15) is 13.8 Å². The number of carbonyl (C=O) groups is 1. The van der Waals surface area contributed by atoms with Crippen LogP contribution >= 0.6 is 0 Å². The predicted molar refractivity (Wildman–Crippen MR) is 50.5 cm³/mol. The van der Waals surface area contributed by atoms with Crippen molar-refractivity contribution in [2.75, 3.05) is 32.8 Å². The SMILES string of the molecule is CCOC(=O)CN1CCNC[C@H]1C. The van der Waals surface area contributed by atoms with Crippen LogP contribution in [0.25, 0.3) is 0 Å². The molecule has 1 saturated heterocycles. The Kier molecular flexibility index (Phi) is 4.18. The molecule has 1 atom stereocenters. The standard InChI is InChI=1S/C9H18N2O2/c1-3-13-9(12)7-11-5-4-10-6-8(11)2/h8,10H,3-7H2,1-2H3/t8-/m1/s1. The zero-order chi connectivity index (χ0) is 9.68. The number of esters is 1. The summed E-state index contributed by atoms with van der Waals surface area (Å²) >= 11 is 0. The quantitative estimate of drug-likeness (QED) is 0.622. The molecule has 0 spiro atoms. The summed E-state index contributed by atoms with van der Waals surface area (Å²) in [6.07, 6.45) is 0. The van der Waals surface area contributed by atoms with Gasteiger partial charge in [-0.2, -0.15) is 0 Å². The maximum atomic E-state index is 11.2. The van der Waals surface area contributed by atoms with Crippen molar-refractivity contribution in [2.24, 2.45) is 0 Å². The summed E-state index contributed by atoms with van der Waals surface area (Å²) in [5.41, 5.74) is 0. The van der Waals surface area contributed by atoms with Gasteiger partial charge >= 0.3 is 5.97 Å². The van der Waals surface area contributed by atoms with E-state index >= 15 is 0 Å². The van der Waals surface area contributed by atoms with E-state index in [4.69, 9.17) is 4.74 Å². The van der Waals surface area contributed by atoms with E-state index in [1.165, 1.54) is 0 Å². The van der Waals surface area contributed by atoms with Gasteiger partial charge in [-0.15, -0.1) is 0 Å². The van der Waals surface area contributed by atoms with Gasteiger partial charge in [-0.3, -0.25) is 9.69 Å². The molecule has 0 bridgehead atoms. The minimum absolute atomic E-state index is 0.115. The van der Waals surface area contributed by atoms with Crippen LogP contribution in [0.2, 0.25) is 0 Å². The Morgan fingerprint density at radius 1 is 1.69 bits per heavy atom. The molecule has 1 N–H and O–H groups in total. The Labute approximate surface area is 79.2 Å². The van der Waals surface area contributed by atoms with Crippen LogP contribution in [0.5, 0.6) is 0 Å². The first-order valence-electron chi connectivity index (χ1n) is 4.84. The van der Waals surface area contributed by atoms with Crippen molar-refractivity contribution in [1.82, 2.24) is 10.2 Å². The van der Waals surface area contributed by atoms with E-state index in [0.29, 0.717) is 19.2 Å². The monoisotopic (exact) mass is 186 g/mol. The molecule has 1 fully saturated rings. The highest BCUT2D eigenvalue weighted by molar-refractivity contribution is 5.71. The molecular weight excluding hydrogens is 168 g/mol. The number of ether oxygens (including phenoxy) is 1. The van der Waals surface area contributed by atoms with Gasteiger partial charge in [0.25, 0.3) is 0 Å². The first-order valence-corrected chi connectivity index (χ1v) is 4.84. The van der Waals surface area contributed by atoms with Gasteiger partial charge in [0, 0.05) is 25.7 Å². The first-order chi connectivity index (χ1) is 6.24. The summed E-state index contributed by atoms with van der Waals surface area (Å²) in [7, 11) is 0. The highest BCUT2D eigenvalue weighted by Gasteiger charge is 2.20. The lowest BCUT2D eigenvalue weighted by Crippen LogP contribution is -2.51. The summed E-state index contributed by atoms with van der Waals surface area (Å²) in [6.45, 7) is 7.70. The Bertz CT molecular complexity index is 173. The van der Waals surface area contributed by atoms with Crippen LogP contribution in [-0.2, 0) is 9.53 Å². The van der Waals surface area contributed by atoms with Crippen LogP contribution in [-0.4, -0.2) is 49.7 Å². The van der Waals surface area contributed by atoms with E-state index < -0.39 is 0 Å². The molecule has 76 valence electrons. The maximum absolute atomic E-state index is 11.2. The van der Waals surface area contributed by atoms with Gasteiger partial charge in [0.2, 0.25) is 0 Å². The second-order valence-electron chi connectivity index (χ2n) is 3.33. The van der Waals surface area contributed by atoms with E-state index in [0.717, 1.165) is 19.6 Å². The molecule has 0 amide bonds. The number of carbonyl (C=O) groups excluding carboxylic acids is 1. The Morgan fingerprint density at radius 2 is 2.46 bits per heavy atom. The second kappa shape index (κ2) is 5.19. The summed E-state index contributed by atoms with van der Waals surface area (Å²) < 4.78 is 4.89. The summed E-state index contributed by atoms with van der Waals surface area (Å²) in [6, 6.07) is 0.429. The van der Waals surface area contributed by atoms with Gasteiger partial charge in [-0.1, -0.05) is 0 Å². The van der Waals surface area contributed by atoms with Crippen molar-refractivity contribution < 1.29 is 9.53 Å². The van der Waals surface area contributed by atoms with Crippen LogP contribution in [0.15, 0.2) is 0 Å². The smallest absolute Gasteiger partial charge is 0.320 e. The van der Waals surface area contributed by atoms with Gasteiger partial charge in [-0.05, 0) is 13.8 Å². The lowest BCUT2D eigenvalue weighted by Gasteiger charge is -2.32. The molecule has 1 aliphatic heterocycles. The number of rotatable bonds is 3. The Balaban J connectivity index is 2.29. The summed E-state index contributed by atoms with van der Waals surface area (Å²) in [5.74, 6) is -0.115. The van der Waals surface area contributed by atoms with Crippen LogP contribution in [0.4, 0.5) is 0 Å². The van der Waals surface area contributed by atoms with Gasteiger partial charge in [0.15, 0.2) is 0 Å². The molecule has 0 aromatic heterocycles. The molecule has 0 saturated carbocycles. The summed E-state index contributed by atoms with van der Waals surface area (Å²) in [4.78, 5) is 13.3. The average Bonchev–Trinajstić information content (AvgIpc) is 2.09. The Hall–Kier alpha value is -0.610. The average molecular weight is 186 g/mol. The van der Waals surface area contributed by atoms with E-state index in [-0.39, 0.29) is 5.97 Å². The largest absolute Gasteiger partial charge is 0.465 e. The highest BCUT2D eigenvalue weighted by atomic mass is 16.5. The molecule has 13 heavy (non-hydrogen) atoms. The van der Waals surface area contributed by atoms with E-state index in [9.17, 15) is 4.79 Å². The van der Waals surface area contributed by atoms with Crippen molar-refractivity contribution >= 4 is 5.97 Å². The molecule has 0 aliphatic carbocycles. The lowest BCUT2D eigenvalue weighted by atomic mass is 10.2. The van der Waals surface area contributed by atoms with Gasteiger partial charge in [0.05, 0.1) is 13.2 Å². The van der Waals surface area contributed by atoms with Crippen molar-refractivity contribution in [1.29, 1.82) is 0 Å².